The van der Waals surface area contributed by atoms with Crippen molar-refractivity contribution >= 4 is 27.8 Å². The van der Waals surface area contributed by atoms with Crippen LogP contribution in [-0.2, 0) is 4.79 Å². The topological polar surface area (TPSA) is 46.9 Å². The lowest BCUT2D eigenvalue weighted by Crippen LogP contribution is -2.36. The number of nitrogens with one attached hydrogen (secondary N) is 1. The van der Waals surface area contributed by atoms with Gasteiger partial charge in [0, 0.05) is 22.7 Å². The van der Waals surface area contributed by atoms with E-state index in [-0.39, 0.29) is 11.9 Å². The Morgan fingerprint density at radius 3 is 2.83 bits per heavy atom. The van der Waals surface area contributed by atoms with E-state index in [4.69, 9.17) is 4.98 Å². The minimum Gasteiger partial charge on any atom is -0.329 e. The Kier molecular flexibility index (Phi) is 3.41. The summed E-state index contributed by atoms with van der Waals surface area (Å²) >= 11 is 0. The molecular formula is C20H21N3O. The van der Waals surface area contributed by atoms with Gasteiger partial charge in [0.2, 0.25) is 5.91 Å². The van der Waals surface area contributed by atoms with Gasteiger partial charge in [-0.3, -0.25) is 4.79 Å². The van der Waals surface area contributed by atoms with E-state index in [9.17, 15) is 4.79 Å². The summed E-state index contributed by atoms with van der Waals surface area (Å²) in [7, 11) is 0. The fourth-order valence-electron chi connectivity index (χ4n) is 3.53. The van der Waals surface area contributed by atoms with Crippen molar-refractivity contribution in [2.45, 2.75) is 38.6 Å². The van der Waals surface area contributed by atoms with Crippen LogP contribution in [0.25, 0.3) is 21.9 Å². The second-order valence-electron chi connectivity index (χ2n) is 6.83. The molecule has 4 heteroatoms. The number of amides is 1. The highest BCUT2D eigenvalue weighted by Crippen LogP contribution is 2.35. The molecule has 1 amide bonds. The average molecular weight is 319 g/mol. The molecule has 2 aromatic heterocycles. The van der Waals surface area contributed by atoms with Crippen molar-refractivity contribution in [1.29, 1.82) is 0 Å². The van der Waals surface area contributed by atoms with Crippen molar-refractivity contribution in [2.75, 3.05) is 0 Å². The van der Waals surface area contributed by atoms with E-state index >= 15 is 0 Å². The number of nitrogens with zero attached hydrogens (tertiary/aromatic N) is 2. The van der Waals surface area contributed by atoms with Crippen LogP contribution in [0.1, 0.15) is 44.2 Å². The molecule has 122 valence electrons. The van der Waals surface area contributed by atoms with Crippen LogP contribution in [0.3, 0.4) is 0 Å². The lowest BCUT2D eigenvalue weighted by Gasteiger charge is -2.25. The molecule has 1 aliphatic heterocycles. The van der Waals surface area contributed by atoms with Crippen LogP contribution < -0.4 is 5.32 Å². The maximum Gasteiger partial charge on any atom is 0.247 e. The van der Waals surface area contributed by atoms with Gasteiger partial charge in [0.15, 0.2) is 0 Å². The van der Waals surface area contributed by atoms with Crippen LogP contribution in [0.5, 0.6) is 0 Å². The lowest BCUT2D eigenvalue weighted by molar-refractivity contribution is -0.124. The number of hydrogen-bond acceptors (Lipinski definition) is 2. The molecule has 0 bridgehead atoms. The second kappa shape index (κ2) is 5.48. The second-order valence-corrected chi connectivity index (χ2v) is 6.83. The number of rotatable bonds is 2. The van der Waals surface area contributed by atoms with E-state index in [0.717, 1.165) is 40.5 Å². The standard InChI is InChI=1S/C20H21N3O/c1-12(2)14-10-16-15-6-4-5-7-17(15)23(19(16)21-11-14)18-9-8-13(3)22-20(18)24/h4-7,10-12,18H,3,8-9H2,1-2H3,(H,22,24). The molecule has 4 nitrogen and oxygen atoms in total. The zero-order valence-corrected chi connectivity index (χ0v) is 14.0. The Morgan fingerprint density at radius 1 is 1.29 bits per heavy atom. The van der Waals surface area contributed by atoms with Gasteiger partial charge in [-0.25, -0.2) is 4.98 Å². The summed E-state index contributed by atoms with van der Waals surface area (Å²) in [6.07, 6.45) is 3.49. The largest absolute Gasteiger partial charge is 0.329 e. The first kappa shape index (κ1) is 14.9. The number of hydrogen-bond donors (Lipinski definition) is 1. The van der Waals surface area contributed by atoms with Crippen molar-refractivity contribution in [2.24, 2.45) is 0 Å². The molecule has 1 atom stereocenters. The van der Waals surface area contributed by atoms with Gasteiger partial charge in [-0.15, -0.1) is 0 Å². The molecule has 1 unspecified atom stereocenters. The molecule has 1 aliphatic rings. The van der Waals surface area contributed by atoms with Gasteiger partial charge in [0.05, 0.1) is 5.52 Å². The van der Waals surface area contributed by atoms with Crippen LogP contribution in [-0.4, -0.2) is 15.5 Å². The zero-order chi connectivity index (χ0) is 16.8. The third-order valence-corrected chi connectivity index (χ3v) is 4.87. The summed E-state index contributed by atoms with van der Waals surface area (Å²) in [5.74, 6) is 0.425. The molecule has 1 saturated heterocycles. The van der Waals surface area contributed by atoms with Gasteiger partial charge < -0.3 is 9.88 Å². The van der Waals surface area contributed by atoms with E-state index in [0.29, 0.717) is 5.92 Å². The number of carbonyl (C=O) groups excluding carboxylic acids is 1. The van der Waals surface area contributed by atoms with Crippen LogP contribution in [0.4, 0.5) is 0 Å². The Hall–Kier alpha value is -2.62. The van der Waals surface area contributed by atoms with Crippen LogP contribution in [0.15, 0.2) is 48.8 Å². The van der Waals surface area contributed by atoms with E-state index in [2.05, 4.69) is 48.5 Å². The number of aromatic nitrogens is 2. The van der Waals surface area contributed by atoms with Gasteiger partial charge in [-0.2, -0.15) is 0 Å². The zero-order valence-electron chi connectivity index (χ0n) is 14.0. The van der Waals surface area contributed by atoms with Gasteiger partial charge in [-0.1, -0.05) is 38.6 Å². The number of pyridine rings is 1. The van der Waals surface area contributed by atoms with E-state index < -0.39 is 0 Å². The normalized spacial score (nSPS) is 18.5. The summed E-state index contributed by atoms with van der Waals surface area (Å²) in [6.45, 7) is 8.22. The summed E-state index contributed by atoms with van der Waals surface area (Å²) in [6, 6.07) is 10.2. The number of piperidine rings is 1. The quantitative estimate of drug-likeness (QED) is 0.766. The van der Waals surface area contributed by atoms with Crippen molar-refractivity contribution in [3.05, 3.63) is 54.4 Å². The Balaban J connectivity index is 1.99. The summed E-state index contributed by atoms with van der Waals surface area (Å²) < 4.78 is 2.09. The number of benzene rings is 1. The van der Waals surface area contributed by atoms with Crippen molar-refractivity contribution in [3.63, 3.8) is 0 Å². The van der Waals surface area contributed by atoms with Crippen molar-refractivity contribution < 1.29 is 4.79 Å². The molecule has 1 fully saturated rings. The highest BCUT2D eigenvalue weighted by molar-refractivity contribution is 6.08. The Labute approximate surface area is 141 Å². The van der Waals surface area contributed by atoms with Gasteiger partial charge in [-0.05, 0) is 36.5 Å². The summed E-state index contributed by atoms with van der Waals surface area (Å²) in [5, 5.41) is 5.17. The minimum atomic E-state index is -0.240. The van der Waals surface area contributed by atoms with E-state index in [1.165, 1.54) is 5.56 Å². The highest BCUT2D eigenvalue weighted by Gasteiger charge is 2.29. The molecular weight excluding hydrogens is 298 g/mol. The van der Waals surface area contributed by atoms with Gasteiger partial charge >= 0.3 is 0 Å². The van der Waals surface area contributed by atoms with Gasteiger partial charge in [0.1, 0.15) is 11.7 Å². The molecule has 3 aromatic rings. The van der Waals surface area contributed by atoms with Crippen LogP contribution >= 0.6 is 0 Å². The Morgan fingerprint density at radius 2 is 2.08 bits per heavy atom. The van der Waals surface area contributed by atoms with Crippen molar-refractivity contribution in [3.8, 4) is 0 Å². The first-order valence-corrected chi connectivity index (χ1v) is 8.43. The minimum absolute atomic E-state index is 0.00337. The molecule has 3 heterocycles. The van der Waals surface area contributed by atoms with Gasteiger partial charge in [0.25, 0.3) is 0 Å². The van der Waals surface area contributed by atoms with Crippen LogP contribution in [0.2, 0.25) is 0 Å². The molecule has 0 spiro atoms. The first-order valence-electron chi connectivity index (χ1n) is 8.43. The average Bonchev–Trinajstić information content (AvgIpc) is 2.89. The van der Waals surface area contributed by atoms with E-state index in [1.807, 2.05) is 18.3 Å². The fourth-order valence-corrected chi connectivity index (χ4v) is 3.53. The number of para-hydroxylation sites is 1. The lowest BCUT2D eigenvalue weighted by atomic mass is 10.0. The monoisotopic (exact) mass is 319 g/mol. The van der Waals surface area contributed by atoms with Crippen LogP contribution in [0, 0.1) is 0 Å². The third-order valence-electron chi connectivity index (χ3n) is 4.87. The number of carbonyl (C=O) groups is 1. The number of fused-ring (bicyclic) bond motifs is 3. The molecule has 24 heavy (non-hydrogen) atoms. The third kappa shape index (κ3) is 2.21. The maximum atomic E-state index is 12.5. The number of allylic oxidation sites excluding steroid dienone is 1. The molecule has 0 aliphatic carbocycles. The molecule has 0 radical (unpaired) electrons. The molecule has 1 aromatic carbocycles. The highest BCUT2D eigenvalue weighted by atomic mass is 16.2. The maximum absolute atomic E-state index is 12.5. The van der Waals surface area contributed by atoms with E-state index in [1.54, 1.807) is 0 Å². The molecule has 4 rings (SSSR count). The summed E-state index contributed by atoms with van der Waals surface area (Å²) in [5.41, 5.74) is 3.96. The van der Waals surface area contributed by atoms with Crippen molar-refractivity contribution in [1.82, 2.24) is 14.9 Å². The molecule has 0 saturated carbocycles. The SMILES string of the molecule is C=C1CCC(n2c3ccccc3c3cc(C(C)C)cnc32)C(=O)N1. The first-order chi connectivity index (χ1) is 11.6. The Bertz CT molecular complexity index is 968. The predicted molar refractivity (Wildman–Crippen MR) is 96.9 cm³/mol. The molecule has 1 N–H and O–H groups in total. The fraction of sp³-hybridized carbons (Fsp3) is 0.300. The predicted octanol–water partition coefficient (Wildman–Crippen LogP) is 4.28. The summed E-state index contributed by atoms with van der Waals surface area (Å²) in [4.78, 5) is 17.3. The smallest absolute Gasteiger partial charge is 0.247 e.